The van der Waals surface area contributed by atoms with Crippen molar-refractivity contribution in [1.82, 2.24) is 10.6 Å². The van der Waals surface area contributed by atoms with Crippen LogP contribution < -0.4 is 10.6 Å². The molecule has 0 unspecified atom stereocenters. The second kappa shape index (κ2) is 4.98. The Balaban J connectivity index is 2.15. The minimum atomic E-state index is -0.300. The van der Waals surface area contributed by atoms with Gasteiger partial charge in [-0.2, -0.15) is 0 Å². The van der Waals surface area contributed by atoms with Gasteiger partial charge < -0.3 is 15.4 Å². The summed E-state index contributed by atoms with van der Waals surface area (Å²) < 4.78 is 4.77. The number of ether oxygens (including phenoxy) is 1. The molecule has 0 aromatic carbocycles. The van der Waals surface area contributed by atoms with E-state index in [1.165, 1.54) is 0 Å². The van der Waals surface area contributed by atoms with Crippen LogP contribution in [0.25, 0.3) is 0 Å². The van der Waals surface area contributed by atoms with Crippen LogP contribution in [0.4, 0.5) is 4.79 Å². The molecule has 0 bridgehead atoms. The Hall–Kier alpha value is -0.770. The molecule has 1 fully saturated rings. The maximum absolute atomic E-state index is 11.0. The van der Waals surface area contributed by atoms with Gasteiger partial charge >= 0.3 is 6.09 Å². The number of piperidine rings is 1. The smallest absolute Gasteiger partial charge is 0.407 e. The fourth-order valence-corrected chi connectivity index (χ4v) is 1.31. The summed E-state index contributed by atoms with van der Waals surface area (Å²) in [7, 11) is 0. The van der Waals surface area contributed by atoms with Crippen molar-refractivity contribution in [2.45, 2.75) is 25.8 Å². The number of alkyl carbamates (subject to hydrolysis) is 1. The van der Waals surface area contributed by atoms with Crippen molar-refractivity contribution in [1.29, 1.82) is 0 Å². The monoisotopic (exact) mass is 172 g/mol. The van der Waals surface area contributed by atoms with Crippen molar-refractivity contribution in [3.8, 4) is 0 Å². The van der Waals surface area contributed by atoms with Gasteiger partial charge in [0.1, 0.15) is 0 Å². The standard InChI is InChI=1S/C8H16N2O2/c1-2-12-8(11)10-7-4-3-5-9-6-7/h7,9H,2-6H2,1H3,(H,10,11)/t7-/m0/s1. The molecule has 1 saturated heterocycles. The molecule has 4 heteroatoms. The molecule has 1 aliphatic rings. The average molecular weight is 172 g/mol. The maximum Gasteiger partial charge on any atom is 0.407 e. The summed E-state index contributed by atoms with van der Waals surface area (Å²) in [5.41, 5.74) is 0. The summed E-state index contributed by atoms with van der Waals surface area (Å²) in [6.07, 6.45) is 1.87. The lowest BCUT2D eigenvalue weighted by Crippen LogP contribution is -2.45. The van der Waals surface area contributed by atoms with Gasteiger partial charge in [0.05, 0.1) is 6.61 Å². The normalized spacial score (nSPS) is 23.2. The van der Waals surface area contributed by atoms with Crippen LogP contribution in [-0.2, 0) is 4.74 Å². The molecule has 12 heavy (non-hydrogen) atoms. The molecule has 0 aromatic rings. The molecule has 1 amide bonds. The maximum atomic E-state index is 11.0. The third-order valence-electron chi connectivity index (χ3n) is 1.89. The second-order valence-electron chi connectivity index (χ2n) is 2.91. The van der Waals surface area contributed by atoms with Crippen molar-refractivity contribution >= 4 is 6.09 Å². The number of rotatable bonds is 2. The fraction of sp³-hybridized carbons (Fsp3) is 0.875. The van der Waals surface area contributed by atoms with Gasteiger partial charge in [0.15, 0.2) is 0 Å². The Morgan fingerprint density at radius 3 is 3.17 bits per heavy atom. The van der Waals surface area contributed by atoms with Crippen LogP contribution in [0.15, 0.2) is 0 Å². The molecule has 0 aromatic heterocycles. The summed E-state index contributed by atoms with van der Waals surface area (Å²) in [6.45, 7) is 4.16. The van der Waals surface area contributed by atoms with E-state index in [4.69, 9.17) is 4.74 Å². The van der Waals surface area contributed by atoms with Gasteiger partial charge in [0, 0.05) is 12.6 Å². The Labute approximate surface area is 72.7 Å². The van der Waals surface area contributed by atoms with Crippen LogP contribution >= 0.6 is 0 Å². The van der Waals surface area contributed by atoms with E-state index in [0.717, 1.165) is 25.9 Å². The first-order valence-electron chi connectivity index (χ1n) is 4.47. The first-order valence-corrected chi connectivity index (χ1v) is 4.47. The predicted octanol–water partition coefficient (Wildman–Crippen LogP) is 0.484. The quantitative estimate of drug-likeness (QED) is 0.637. The van der Waals surface area contributed by atoms with Crippen molar-refractivity contribution in [3.05, 3.63) is 0 Å². The van der Waals surface area contributed by atoms with Gasteiger partial charge in [0.2, 0.25) is 0 Å². The Morgan fingerprint density at radius 1 is 1.75 bits per heavy atom. The van der Waals surface area contributed by atoms with Crippen LogP contribution in [0.3, 0.4) is 0 Å². The van der Waals surface area contributed by atoms with E-state index in [-0.39, 0.29) is 12.1 Å². The molecule has 4 nitrogen and oxygen atoms in total. The highest BCUT2D eigenvalue weighted by atomic mass is 16.5. The third-order valence-corrected chi connectivity index (χ3v) is 1.89. The molecular weight excluding hydrogens is 156 g/mol. The number of amides is 1. The van der Waals surface area contributed by atoms with Crippen LogP contribution in [0.1, 0.15) is 19.8 Å². The highest BCUT2D eigenvalue weighted by Crippen LogP contribution is 2.00. The number of nitrogens with one attached hydrogen (secondary N) is 2. The zero-order valence-corrected chi connectivity index (χ0v) is 7.43. The SMILES string of the molecule is CCOC(=O)N[C@H]1CCCNC1. The van der Waals surface area contributed by atoms with Gasteiger partial charge in [-0.05, 0) is 26.3 Å². The first kappa shape index (κ1) is 9.32. The van der Waals surface area contributed by atoms with Gasteiger partial charge in [-0.1, -0.05) is 0 Å². The van der Waals surface area contributed by atoms with E-state index in [1.807, 2.05) is 0 Å². The Kier molecular flexibility index (Phi) is 3.87. The summed E-state index contributed by atoms with van der Waals surface area (Å²) in [5.74, 6) is 0. The van der Waals surface area contributed by atoms with Crippen LogP contribution in [0.2, 0.25) is 0 Å². The van der Waals surface area contributed by atoms with E-state index in [9.17, 15) is 4.79 Å². The minimum absolute atomic E-state index is 0.248. The molecule has 70 valence electrons. The Bertz CT molecular complexity index is 144. The predicted molar refractivity (Wildman–Crippen MR) is 46.0 cm³/mol. The molecule has 0 saturated carbocycles. The molecule has 2 N–H and O–H groups in total. The molecule has 0 radical (unpaired) electrons. The molecule has 0 aliphatic carbocycles. The Morgan fingerprint density at radius 2 is 2.58 bits per heavy atom. The van der Waals surface area contributed by atoms with Gasteiger partial charge in [-0.15, -0.1) is 0 Å². The van der Waals surface area contributed by atoms with Crippen molar-refractivity contribution in [2.24, 2.45) is 0 Å². The highest BCUT2D eigenvalue weighted by molar-refractivity contribution is 5.67. The topological polar surface area (TPSA) is 50.4 Å². The van der Waals surface area contributed by atoms with Crippen molar-refractivity contribution in [3.63, 3.8) is 0 Å². The highest BCUT2D eigenvalue weighted by Gasteiger charge is 2.14. The van der Waals surface area contributed by atoms with E-state index in [1.54, 1.807) is 6.92 Å². The second-order valence-corrected chi connectivity index (χ2v) is 2.91. The molecule has 1 atom stereocenters. The van der Waals surface area contributed by atoms with E-state index in [0.29, 0.717) is 6.61 Å². The summed E-state index contributed by atoms with van der Waals surface area (Å²) in [5, 5.41) is 6.01. The van der Waals surface area contributed by atoms with Crippen molar-refractivity contribution < 1.29 is 9.53 Å². The van der Waals surface area contributed by atoms with E-state index >= 15 is 0 Å². The van der Waals surface area contributed by atoms with Crippen LogP contribution in [-0.4, -0.2) is 31.8 Å². The van der Waals surface area contributed by atoms with Crippen molar-refractivity contribution in [2.75, 3.05) is 19.7 Å². The first-order chi connectivity index (χ1) is 5.83. The van der Waals surface area contributed by atoms with E-state index in [2.05, 4.69) is 10.6 Å². The number of hydrogen-bond acceptors (Lipinski definition) is 3. The zero-order chi connectivity index (χ0) is 8.81. The molecule has 1 aliphatic heterocycles. The number of hydrogen-bond donors (Lipinski definition) is 2. The van der Waals surface area contributed by atoms with Gasteiger partial charge in [-0.3, -0.25) is 0 Å². The third kappa shape index (κ3) is 3.09. The zero-order valence-electron chi connectivity index (χ0n) is 7.43. The molecule has 1 heterocycles. The van der Waals surface area contributed by atoms with Gasteiger partial charge in [0.25, 0.3) is 0 Å². The summed E-state index contributed by atoms with van der Waals surface area (Å²) >= 11 is 0. The molecule has 1 rings (SSSR count). The fourth-order valence-electron chi connectivity index (χ4n) is 1.31. The lowest BCUT2D eigenvalue weighted by Gasteiger charge is -2.23. The van der Waals surface area contributed by atoms with Crippen LogP contribution in [0.5, 0.6) is 0 Å². The largest absolute Gasteiger partial charge is 0.450 e. The summed E-state index contributed by atoms with van der Waals surface area (Å²) in [4.78, 5) is 11.0. The lowest BCUT2D eigenvalue weighted by molar-refractivity contribution is 0.146. The number of carbonyl (C=O) groups excluding carboxylic acids is 1. The molecular formula is C8H16N2O2. The number of carbonyl (C=O) groups is 1. The lowest BCUT2D eigenvalue weighted by atomic mass is 10.1. The summed E-state index contributed by atoms with van der Waals surface area (Å²) in [6, 6.07) is 0.248. The average Bonchev–Trinajstić information content (AvgIpc) is 2.06. The minimum Gasteiger partial charge on any atom is -0.450 e. The van der Waals surface area contributed by atoms with Gasteiger partial charge in [-0.25, -0.2) is 4.79 Å². The van der Waals surface area contributed by atoms with E-state index < -0.39 is 0 Å². The van der Waals surface area contributed by atoms with Crippen LogP contribution in [0, 0.1) is 0 Å². The molecule has 0 spiro atoms.